The van der Waals surface area contributed by atoms with Gasteiger partial charge in [0.15, 0.2) is 0 Å². The molecule has 0 saturated carbocycles. The molecule has 0 saturated heterocycles. The number of nitrogens with one attached hydrogen (secondary N) is 1. The van der Waals surface area contributed by atoms with Crippen molar-refractivity contribution in [1.29, 1.82) is 0 Å². The van der Waals surface area contributed by atoms with Gasteiger partial charge in [0.2, 0.25) is 5.91 Å². The van der Waals surface area contributed by atoms with E-state index in [2.05, 4.69) is 21.2 Å². The van der Waals surface area contributed by atoms with Crippen molar-refractivity contribution in [3.63, 3.8) is 0 Å². The molecule has 2 aromatic carbocycles. The van der Waals surface area contributed by atoms with E-state index in [0.29, 0.717) is 6.42 Å². The summed E-state index contributed by atoms with van der Waals surface area (Å²) in [6, 6.07) is 18.0. The van der Waals surface area contributed by atoms with E-state index in [1.54, 1.807) is 0 Å². The zero-order valence-electron chi connectivity index (χ0n) is 11.5. The maximum atomic E-state index is 11.9. The minimum absolute atomic E-state index is 0.0873. The number of carbonyl (C=O) groups is 1. The smallest absolute Gasteiger partial charge is 0.220 e. The van der Waals surface area contributed by atoms with Crippen LogP contribution in [0.4, 0.5) is 0 Å². The lowest BCUT2D eigenvalue weighted by Gasteiger charge is -2.20. The number of rotatable bonds is 5. The molecule has 0 aliphatic carbocycles. The van der Waals surface area contributed by atoms with Gasteiger partial charge in [-0.25, -0.2) is 0 Å². The van der Waals surface area contributed by atoms with Gasteiger partial charge in [-0.3, -0.25) is 4.79 Å². The van der Waals surface area contributed by atoms with E-state index in [4.69, 9.17) is 0 Å². The van der Waals surface area contributed by atoms with Crippen LogP contribution < -0.4 is 5.32 Å². The largest absolute Gasteiger partial charge is 0.345 e. The summed E-state index contributed by atoms with van der Waals surface area (Å²) in [5.41, 5.74) is 2.18. The van der Waals surface area contributed by atoms with Crippen molar-refractivity contribution in [2.75, 3.05) is 0 Å². The van der Waals surface area contributed by atoms with Crippen molar-refractivity contribution in [1.82, 2.24) is 5.32 Å². The fraction of sp³-hybridized carbons (Fsp3) is 0.235. The molecule has 0 unspecified atom stereocenters. The van der Waals surface area contributed by atoms with E-state index in [1.807, 2.05) is 61.5 Å². The van der Waals surface area contributed by atoms with E-state index in [1.165, 1.54) is 0 Å². The molecule has 0 heterocycles. The van der Waals surface area contributed by atoms with E-state index >= 15 is 0 Å². The summed E-state index contributed by atoms with van der Waals surface area (Å²) in [4.78, 5) is 11.9. The predicted molar refractivity (Wildman–Crippen MR) is 85.5 cm³/mol. The van der Waals surface area contributed by atoms with Crippen LogP contribution in [0.25, 0.3) is 0 Å². The van der Waals surface area contributed by atoms with Crippen molar-refractivity contribution >= 4 is 21.8 Å². The van der Waals surface area contributed by atoms with Crippen LogP contribution in [0.3, 0.4) is 0 Å². The number of amides is 1. The SMILES string of the molecule is CCCC(=O)N[C@H](c1ccccc1)c1ccc(Br)cc1. The van der Waals surface area contributed by atoms with Gasteiger partial charge in [0.05, 0.1) is 6.04 Å². The Morgan fingerprint density at radius 2 is 1.65 bits per heavy atom. The zero-order valence-corrected chi connectivity index (χ0v) is 13.1. The van der Waals surface area contributed by atoms with Crippen LogP contribution in [0.1, 0.15) is 36.9 Å². The first kappa shape index (κ1) is 14.8. The molecule has 20 heavy (non-hydrogen) atoms. The summed E-state index contributed by atoms with van der Waals surface area (Å²) in [5, 5.41) is 3.12. The summed E-state index contributed by atoms with van der Waals surface area (Å²) in [6.45, 7) is 2.01. The minimum atomic E-state index is -0.0941. The first-order chi connectivity index (χ1) is 9.70. The Balaban J connectivity index is 2.29. The third-order valence-electron chi connectivity index (χ3n) is 3.12. The second-order valence-corrected chi connectivity index (χ2v) is 5.63. The highest BCUT2D eigenvalue weighted by Crippen LogP contribution is 2.23. The molecule has 0 aliphatic heterocycles. The highest BCUT2D eigenvalue weighted by atomic mass is 79.9. The van der Waals surface area contributed by atoms with Gasteiger partial charge in [-0.2, -0.15) is 0 Å². The maximum Gasteiger partial charge on any atom is 0.220 e. The lowest BCUT2D eigenvalue weighted by atomic mass is 9.98. The normalized spacial score (nSPS) is 11.9. The Hall–Kier alpha value is -1.61. The highest BCUT2D eigenvalue weighted by Gasteiger charge is 2.16. The van der Waals surface area contributed by atoms with E-state index in [9.17, 15) is 4.79 Å². The molecule has 1 amide bonds. The molecule has 0 fully saturated rings. The molecule has 0 bridgehead atoms. The molecule has 2 rings (SSSR count). The van der Waals surface area contributed by atoms with Gasteiger partial charge in [-0.1, -0.05) is 65.3 Å². The van der Waals surface area contributed by atoms with E-state index < -0.39 is 0 Å². The Labute approximate surface area is 128 Å². The number of hydrogen-bond acceptors (Lipinski definition) is 1. The van der Waals surface area contributed by atoms with Crippen molar-refractivity contribution < 1.29 is 4.79 Å². The summed E-state index contributed by atoms with van der Waals surface area (Å²) in [7, 11) is 0. The second-order valence-electron chi connectivity index (χ2n) is 4.71. The van der Waals surface area contributed by atoms with Gasteiger partial charge in [0.25, 0.3) is 0 Å². The second kappa shape index (κ2) is 7.25. The number of hydrogen-bond donors (Lipinski definition) is 1. The lowest BCUT2D eigenvalue weighted by Crippen LogP contribution is -2.28. The third-order valence-corrected chi connectivity index (χ3v) is 3.65. The Morgan fingerprint density at radius 3 is 2.25 bits per heavy atom. The number of carbonyl (C=O) groups excluding carboxylic acids is 1. The Bertz CT molecular complexity index is 551. The van der Waals surface area contributed by atoms with Gasteiger partial charge in [-0.15, -0.1) is 0 Å². The Kier molecular flexibility index (Phi) is 5.36. The highest BCUT2D eigenvalue weighted by molar-refractivity contribution is 9.10. The quantitative estimate of drug-likeness (QED) is 0.861. The molecular weight excluding hydrogens is 314 g/mol. The van der Waals surface area contributed by atoms with Gasteiger partial charge < -0.3 is 5.32 Å². The lowest BCUT2D eigenvalue weighted by molar-refractivity contribution is -0.121. The van der Waals surface area contributed by atoms with Crippen molar-refractivity contribution in [2.24, 2.45) is 0 Å². The maximum absolute atomic E-state index is 11.9. The molecular formula is C17H18BrNO. The molecule has 0 aromatic heterocycles. The molecule has 0 radical (unpaired) electrons. The van der Waals surface area contributed by atoms with Crippen LogP contribution in [0.5, 0.6) is 0 Å². The van der Waals surface area contributed by atoms with Crippen LogP contribution in [-0.4, -0.2) is 5.91 Å². The van der Waals surface area contributed by atoms with Crippen molar-refractivity contribution in [2.45, 2.75) is 25.8 Å². The monoisotopic (exact) mass is 331 g/mol. The van der Waals surface area contributed by atoms with Crippen LogP contribution in [0.2, 0.25) is 0 Å². The number of halogens is 1. The molecule has 1 N–H and O–H groups in total. The summed E-state index contributed by atoms with van der Waals surface area (Å²) >= 11 is 3.44. The summed E-state index contributed by atoms with van der Waals surface area (Å²) in [6.07, 6.45) is 1.41. The molecule has 2 aromatic rings. The molecule has 2 nitrogen and oxygen atoms in total. The first-order valence-corrected chi connectivity index (χ1v) is 7.59. The summed E-state index contributed by atoms with van der Waals surface area (Å²) < 4.78 is 1.04. The van der Waals surface area contributed by atoms with Crippen LogP contribution in [0.15, 0.2) is 59.1 Å². The first-order valence-electron chi connectivity index (χ1n) is 6.80. The molecule has 3 heteroatoms. The molecule has 0 spiro atoms. The molecule has 104 valence electrons. The fourth-order valence-corrected chi connectivity index (χ4v) is 2.38. The van der Waals surface area contributed by atoms with Gasteiger partial charge in [-0.05, 0) is 29.7 Å². The molecule has 0 aliphatic rings. The van der Waals surface area contributed by atoms with Crippen molar-refractivity contribution in [3.05, 3.63) is 70.2 Å². The van der Waals surface area contributed by atoms with Crippen molar-refractivity contribution in [3.8, 4) is 0 Å². The van der Waals surface area contributed by atoms with Crippen LogP contribution in [-0.2, 0) is 4.79 Å². The molecule has 1 atom stereocenters. The topological polar surface area (TPSA) is 29.1 Å². The third kappa shape index (κ3) is 3.94. The Morgan fingerprint density at radius 1 is 1.05 bits per heavy atom. The standard InChI is InChI=1S/C17H18BrNO/c1-2-6-16(20)19-17(13-7-4-3-5-8-13)14-9-11-15(18)12-10-14/h3-5,7-12,17H,2,6H2,1H3,(H,19,20)/t17-/m1/s1. The summed E-state index contributed by atoms with van der Waals surface area (Å²) in [5.74, 6) is 0.0873. The van der Waals surface area contributed by atoms with Crippen LogP contribution >= 0.6 is 15.9 Å². The average molecular weight is 332 g/mol. The van der Waals surface area contributed by atoms with E-state index in [-0.39, 0.29) is 11.9 Å². The fourth-order valence-electron chi connectivity index (χ4n) is 2.12. The van der Waals surface area contributed by atoms with E-state index in [0.717, 1.165) is 22.0 Å². The van der Waals surface area contributed by atoms with Gasteiger partial charge in [0, 0.05) is 10.9 Å². The average Bonchev–Trinajstić information content (AvgIpc) is 2.47. The minimum Gasteiger partial charge on any atom is -0.345 e. The zero-order chi connectivity index (χ0) is 14.4. The van der Waals surface area contributed by atoms with Gasteiger partial charge >= 0.3 is 0 Å². The predicted octanol–water partition coefficient (Wildman–Crippen LogP) is 4.45. The van der Waals surface area contributed by atoms with Gasteiger partial charge in [0.1, 0.15) is 0 Å². The number of benzene rings is 2. The van der Waals surface area contributed by atoms with Crippen LogP contribution in [0, 0.1) is 0 Å².